The predicted octanol–water partition coefficient (Wildman–Crippen LogP) is -0.608. The van der Waals surface area contributed by atoms with Crippen molar-refractivity contribution in [3.8, 4) is 0 Å². The third-order valence-corrected chi connectivity index (χ3v) is 2.37. The van der Waals surface area contributed by atoms with E-state index in [-0.39, 0.29) is 24.9 Å². The standard InChI is InChI=1S/C8H13BO4/c1-8(2)12-5-4(3-10)11-7(9)6(5)13-8/h4-7,10H,3H2,1-2H3/t4-,5-,6-,7-/m1/s1. The van der Waals surface area contributed by atoms with E-state index in [0.717, 1.165) is 0 Å². The lowest BCUT2D eigenvalue weighted by Gasteiger charge is -2.22. The quantitative estimate of drug-likeness (QED) is 0.552. The summed E-state index contributed by atoms with van der Waals surface area (Å²) < 4.78 is 16.3. The van der Waals surface area contributed by atoms with Crippen LogP contribution < -0.4 is 0 Å². The Morgan fingerprint density at radius 3 is 2.54 bits per heavy atom. The summed E-state index contributed by atoms with van der Waals surface area (Å²) in [5.41, 5.74) is 0. The molecule has 4 atom stereocenters. The van der Waals surface area contributed by atoms with Crippen molar-refractivity contribution < 1.29 is 19.3 Å². The van der Waals surface area contributed by atoms with Gasteiger partial charge in [0, 0.05) is 6.00 Å². The summed E-state index contributed by atoms with van der Waals surface area (Å²) in [6.45, 7) is 3.56. The molecule has 5 heteroatoms. The lowest BCUT2D eigenvalue weighted by molar-refractivity contribution is -0.182. The Labute approximate surface area is 78.6 Å². The second kappa shape index (κ2) is 2.95. The van der Waals surface area contributed by atoms with Gasteiger partial charge in [-0.3, -0.25) is 0 Å². The monoisotopic (exact) mass is 184 g/mol. The molecule has 2 saturated heterocycles. The molecule has 1 N–H and O–H groups in total. The van der Waals surface area contributed by atoms with Gasteiger partial charge in [-0.1, -0.05) is 0 Å². The van der Waals surface area contributed by atoms with Crippen molar-refractivity contribution in [3.63, 3.8) is 0 Å². The molecule has 2 heterocycles. The summed E-state index contributed by atoms with van der Waals surface area (Å²) in [6, 6.07) is -0.496. The molecule has 2 rings (SSSR count). The van der Waals surface area contributed by atoms with Crippen molar-refractivity contribution in [1.29, 1.82) is 0 Å². The molecular weight excluding hydrogens is 171 g/mol. The number of aliphatic hydroxyl groups excluding tert-OH is 1. The number of aliphatic hydroxyl groups is 1. The van der Waals surface area contributed by atoms with Gasteiger partial charge in [0.25, 0.3) is 0 Å². The Bertz CT molecular complexity index is 208. The van der Waals surface area contributed by atoms with Crippen molar-refractivity contribution in [1.82, 2.24) is 0 Å². The van der Waals surface area contributed by atoms with Gasteiger partial charge < -0.3 is 19.3 Å². The Balaban J connectivity index is 2.12. The van der Waals surface area contributed by atoms with Gasteiger partial charge in [0.2, 0.25) is 0 Å². The first-order chi connectivity index (χ1) is 6.03. The molecule has 0 aromatic rings. The molecule has 2 fully saturated rings. The molecule has 13 heavy (non-hydrogen) atoms. The van der Waals surface area contributed by atoms with Crippen molar-refractivity contribution in [2.75, 3.05) is 6.61 Å². The highest BCUT2D eigenvalue weighted by Crippen LogP contribution is 2.37. The minimum absolute atomic E-state index is 0.0890. The molecule has 4 nitrogen and oxygen atoms in total. The van der Waals surface area contributed by atoms with Gasteiger partial charge in [-0.2, -0.15) is 0 Å². The molecule has 0 amide bonds. The van der Waals surface area contributed by atoms with Crippen LogP contribution >= 0.6 is 0 Å². The molecule has 0 unspecified atom stereocenters. The Kier molecular flexibility index (Phi) is 2.15. The fourth-order valence-corrected chi connectivity index (χ4v) is 1.86. The van der Waals surface area contributed by atoms with Gasteiger partial charge in [-0.05, 0) is 13.8 Å². The van der Waals surface area contributed by atoms with Gasteiger partial charge in [0.15, 0.2) is 5.79 Å². The van der Waals surface area contributed by atoms with Crippen LogP contribution in [0.4, 0.5) is 0 Å². The van der Waals surface area contributed by atoms with Crippen molar-refractivity contribution in [2.24, 2.45) is 0 Å². The predicted molar refractivity (Wildman–Crippen MR) is 45.3 cm³/mol. The molecule has 72 valence electrons. The fourth-order valence-electron chi connectivity index (χ4n) is 1.86. The minimum atomic E-state index is -0.621. The van der Waals surface area contributed by atoms with Crippen LogP contribution in [0.25, 0.3) is 0 Å². The van der Waals surface area contributed by atoms with Crippen molar-refractivity contribution in [3.05, 3.63) is 0 Å². The van der Waals surface area contributed by atoms with E-state index in [1.807, 2.05) is 13.8 Å². The summed E-state index contributed by atoms with van der Waals surface area (Å²) in [6.07, 6.45) is -0.857. The SMILES string of the molecule is [B][C@@H]1O[C@H](CO)[C@H]2OC(C)(C)O[C@H]21. The lowest BCUT2D eigenvalue weighted by atomic mass is 9.93. The second-order valence-electron chi connectivity index (χ2n) is 3.89. The van der Waals surface area contributed by atoms with Crippen LogP contribution in [0.3, 0.4) is 0 Å². The molecule has 0 aliphatic carbocycles. The molecule has 0 spiro atoms. The summed E-state index contributed by atoms with van der Waals surface area (Å²) in [4.78, 5) is 0. The van der Waals surface area contributed by atoms with Crippen molar-refractivity contribution >= 4 is 7.85 Å². The topological polar surface area (TPSA) is 47.9 Å². The first-order valence-electron chi connectivity index (χ1n) is 4.41. The molecule has 0 aromatic carbocycles. The van der Waals surface area contributed by atoms with E-state index < -0.39 is 11.8 Å². The number of fused-ring (bicyclic) bond motifs is 1. The first kappa shape index (κ1) is 9.46. The average molecular weight is 184 g/mol. The maximum absolute atomic E-state index is 8.98. The number of rotatable bonds is 1. The normalized spacial score (nSPS) is 47.9. The first-order valence-corrected chi connectivity index (χ1v) is 4.41. The Morgan fingerprint density at radius 2 is 1.92 bits per heavy atom. The van der Waals surface area contributed by atoms with E-state index in [2.05, 4.69) is 0 Å². The van der Waals surface area contributed by atoms with E-state index in [1.54, 1.807) is 0 Å². The van der Waals surface area contributed by atoms with Gasteiger partial charge in [0.1, 0.15) is 26.2 Å². The highest BCUT2D eigenvalue weighted by molar-refractivity contribution is 6.11. The van der Waals surface area contributed by atoms with Crippen LogP contribution in [0.15, 0.2) is 0 Å². The van der Waals surface area contributed by atoms with E-state index in [1.165, 1.54) is 0 Å². The van der Waals surface area contributed by atoms with E-state index >= 15 is 0 Å². The Hall–Kier alpha value is -0.0951. The van der Waals surface area contributed by atoms with E-state index in [0.29, 0.717) is 0 Å². The third kappa shape index (κ3) is 1.50. The average Bonchev–Trinajstić information content (AvgIpc) is 2.47. The number of hydrogen-bond acceptors (Lipinski definition) is 4. The third-order valence-electron chi connectivity index (χ3n) is 2.37. The Morgan fingerprint density at radius 1 is 1.31 bits per heavy atom. The fraction of sp³-hybridized carbons (Fsp3) is 1.00. The molecule has 2 aliphatic heterocycles. The molecule has 0 bridgehead atoms. The molecule has 0 saturated carbocycles. The van der Waals surface area contributed by atoms with Crippen LogP contribution in [-0.2, 0) is 14.2 Å². The second-order valence-corrected chi connectivity index (χ2v) is 3.89. The van der Waals surface area contributed by atoms with Crippen LogP contribution in [0.5, 0.6) is 0 Å². The zero-order chi connectivity index (χ0) is 9.64. The molecule has 0 aromatic heterocycles. The van der Waals surface area contributed by atoms with Crippen LogP contribution in [0.1, 0.15) is 13.8 Å². The zero-order valence-corrected chi connectivity index (χ0v) is 7.77. The van der Waals surface area contributed by atoms with Crippen LogP contribution in [-0.4, -0.2) is 49.7 Å². The summed E-state index contributed by atoms with van der Waals surface area (Å²) in [7, 11) is 5.67. The van der Waals surface area contributed by atoms with Gasteiger partial charge >= 0.3 is 0 Å². The van der Waals surface area contributed by atoms with Gasteiger partial charge in [-0.25, -0.2) is 0 Å². The molecular formula is C8H13BO4. The number of hydrogen-bond donors (Lipinski definition) is 1. The highest BCUT2D eigenvalue weighted by Gasteiger charge is 2.52. The lowest BCUT2D eigenvalue weighted by Crippen LogP contribution is -2.31. The summed E-state index contributed by atoms with van der Waals surface area (Å²) in [5, 5.41) is 8.98. The maximum atomic E-state index is 8.98. The summed E-state index contributed by atoms with van der Waals surface area (Å²) >= 11 is 0. The highest BCUT2D eigenvalue weighted by atomic mass is 16.8. The van der Waals surface area contributed by atoms with Gasteiger partial charge in [-0.15, -0.1) is 0 Å². The van der Waals surface area contributed by atoms with E-state index in [9.17, 15) is 0 Å². The zero-order valence-electron chi connectivity index (χ0n) is 7.77. The van der Waals surface area contributed by atoms with Crippen LogP contribution in [0.2, 0.25) is 0 Å². The van der Waals surface area contributed by atoms with E-state index in [4.69, 9.17) is 27.2 Å². The largest absolute Gasteiger partial charge is 0.394 e. The molecule has 2 radical (unpaired) electrons. The maximum Gasteiger partial charge on any atom is 0.163 e. The van der Waals surface area contributed by atoms with Crippen LogP contribution in [0, 0.1) is 0 Å². The van der Waals surface area contributed by atoms with Crippen molar-refractivity contribution in [2.45, 2.75) is 43.9 Å². The number of ether oxygens (including phenoxy) is 3. The summed E-state index contributed by atoms with van der Waals surface area (Å²) in [5.74, 6) is -0.621. The minimum Gasteiger partial charge on any atom is -0.394 e. The molecule has 2 aliphatic rings. The smallest absolute Gasteiger partial charge is 0.163 e. The van der Waals surface area contributed by atoms with Gasteiger partial charge in [0.05, 0.1) is 6.61 Å².